The highest BCUT2D eigenvalue weighted by Crippen LogP contribution is 2.29. The van der Waals surface area contributed by atoms with E-state index in [1.807, 2.05) is 24.3 Å². The lowest BCUT2D eigenvalue weighted by Crippen LogP contribution is -2.14. The van der Waals surface area contributed by atoms with Gasteiger partial charge in [-0.2, -0.15) is 0 Å². The normalized spacial score (nSPS) is 13.8. The predicted molar refractivity (Wildman–Crippen MR) is 84.1 cm³/mol. The second-order valence-corrected chi connectivity index (χ2v) is 5.48. The lowest BCUT2D eigenvalue weighted by Gasteiger charge is -2.09. The van der Waals surface area contributed by atoms with Gasteiger partial charge in [-0.15, -0.1) is 0 Å². The number of hydrogen-bond donors (Lipinski definition) is 2. The van der Waals surface area contributed by atoms with Gasteiger partial charge in [0.05, 0.1) is 11.9 Å². The Hall–Kier alpha value is -2.36. The van der Waals surface area contributed by atoms with Crippen LogP contribution in [-0.2, 0) is 11.3 Å². The zero-order chi connectivity index (χ0) is 14.7. The van der Waals surface area contributed by atoms with Crippen LogP contribution in [0.3, 0.4) is 0 Å². The number of nitrogens with one attached hydrogen (secondary N) is 2. The molecule has 1 aromatic heterocycles. The molecule has 0 radical (unpaired) electrons. The molecular weight excluding hydrogens is 262 g/mol. The summed E-state index contributed by atoms with van der Waals surface area (Å²) in [5, 5.41) is 6.18. The first-order chi connectivity index (χ1) is 10.2. The number of nitrogens with zero attached hydrogens (tertiary/aromatic N) is 1. The number of carbonyl (C=O) groups is 1. The maximum Gasteiger partial charge on any atom is 0.228 e. The van der Waals surface area contributed by atoms with Gasteiger partial charge in [0.2, 0.25) is 5.91 Å². The highest BCUT2D eigenvalue weighted by atomic mass is 16.2. The van der Waals surface area contributed by atoms with E-state index < -0.39 is 0 Å². The van der Waals surface area contributed by atoms with E-state index in [9.17, 15) is 4.79 Å². The molecule has 0 aliphatic heterocycles. The minimum absolute atomic E-state index is 0.0862. The summed E-state index contributed by atoms with van der Waals surface area (Å²) in [4.78, 5) is 15.9. The molecule has 1 amide bonds. The summed E-state index contributed by atoms with van der Waals surface area (Å²) < 4.78 is 0. The minimum atomic E-state index is 0.0862. The number of aryl methyl sites for hydroxylation is 1. The molecule has 21 heavy (non-hydrogen) atoms. The quantitative estimate of drug-likeness (QED) is 0.883. The molecule has 2 aromatic rings. The molecule has 1 saturated carbocycles. The van der Waals surface area contributed by atoms with E-state index in [4.69, 9.17) is 0 Å². The van der Waals surface area contributed by atoms with E-state index in [0.717, 1.165) is 25.1 Å². The fourth-order valence-electron chi connectivity index (χ4n) is 2.15. The Kier molecular flexibility index (Phi) is 3.86. The van der Waals surface area contributed by atoms with Crippen LogP contribution < -0.4 is 10.6 Å². The third-order valence-electron chi connectivity index (χ3n) is 3.71. The first kappa shape index (κ1) is 13.6. The average Bonchev–Trinajstić information content (AvgIpc) is 3.33. The fourth-order valence-corrected chi connectivity index (χ4v) is 2.15. The summed E-state index contributed by atoms with van der Waals surface area (Å²) in [6.45, 7) is 2.87. The van der Waals surface area contributed by atoms with Crippen molar-refractivity contribution in [2.24, 2.45) is 5.92 Å². The number of anilines is 2. The maximum atomic E-state index is 11.6. The van der Waals surface area contributed by atoms with Crippen LogP contribution in [0.15, 0.2) is 42.6 Å². The highest BCUT2D eigenvalue weighted by Gasteiger charge is 2.29. The predicted octanol–water partition coefficient (Wildman–Crippen LogP) is 3.35. The van der Waals surface area contributed by atoms with Gasteiger partial charge in [0.15, 0.2) is 0 Å². The fraction of sp³-hybridized carbons (Fsp3) is 0.294. The van der Waals surface area contributed by atoms with Crippen molar-refractivity contribution in [1.29, 1.82) is 0 Å². The van der Waals surface area contributed by atoms with E-state index in [0.29, 0.717) is 5.82 Å². The molecule has 4 heteroatoms. The van der Waals surface area contributed by atoms with E-state index in [2.05, 4.69) is 34.7 Å². The molecule has 4 nitrogen and oxygen atoms in total. The summed E-state index contributed by atoms with van der Waals surface area (Å²) in [5.41, 5.74) is 3.48. The first-order valence-corrected chi connectivity index (χ1v) is 7.27. The monoisotopic (exact) mass is 281 g/mol. The Labute approximate surface area is 124 Å². The molecular formula is C17H19N3O. The lowest BCUT2D eigenvalue weighted by atomic mass is 10.1. The Morgan fingerprint density at radius 1 is 1.24 bits per heavy atom. The Morgan fingerprint density at radius 2 is 2.05 bits per heavy atom. The summed E-state index contributed by atoms with van der Waals surface area (Å²) in [5.74, 6) is 0.905. The third-order valence-corrected chi connectivity index (χ3v) is 3.71. The molecule has 0 spiro atoms. The number of carbonyl (C=O) groups excluding carboxylic acids is 1. The summed E-state index contributed by atoms with van der Waals surface area (Å²) in [6, 6.07) is 12.1. The average molecular weight is 281 g/mol. The Morgan fingerprint density at radius 3 is 2.71 bits per heavy atom. The number of pyridine rings is 1. The number of rotatable bonds is 5. The minimum Gasteiger partial charge on any atom is -0.380 e. The van der Waals surface area contributed by atoms with Crippen LogP contribution in [-0.4, -0.2) is 10.9 Å². The Bertz CT molecular complexity index is 633. The molecule has 1 aromatic carbocycles. The van der Waals surface area contributed by atoms with E-state index >= 15 is 0 Å². The van der Waals surface area contributed by atoms with Crippen molar-refractivity contribution in [2.75, 3.05) is 10.6 Å². The molecule has 1 heterocycles. The molecule has 0 atom stereocenters. The summed E-state index contributed by atoms with van der Waals surface area (Å²) in [6.07, 6.45) is 3.75. The van der Waals surface area contributed by atoms with Crippen LogP contribution in [0.2, 0.25) is 0 Å². The summed E-state index contributed by atoms with van der Waals surface area (Å²) in [7, 11) is 0. The second kappa shape index (κ2) is 5.95. The van der Waals surface area contributed by atoms with Crippen LogP contribution in [0, 0.1) is 12.8 Å². The van der Waals surface area contributed by atoms with Gasteiger partial charge in [-0.3, -0.25) is 4.79 Å². The molecule has 0 bridgehead atoms. The molecule has 0 saturated heterocycles. The molecule has 1 aliphatic carbocycles. The van der Waals surface area contributed by atoms with Crippen LogP contribution in [0.1, 0.15) is 24.0 Å². The zero-order valence-electron chi connectivity index (χ0n) is 12.1. The lowest BCUT2D eigenvalue weighted by molar-refractivity contribution is -0.117. The molecule has 1 fully saturated rings. The van der Waals surface area contributed by atoms with Gasteiger partial charge in [-0.05, 0) is 43.0 Å². The van der Waals surface area contributed by atoms with Crippen LogP contribution >= 0.6 is 0 Å². The van der Waals surface area contributed by atoms with Crippen LogP contribution in [0.5, 0.6) is 0 Å². The molecule has 3 rings (SSSR count). The van der Waals surface area contributed by atoms with Crippen LogP contribution in [0.25, 0.3) is 0 Å². The van der Waals surface area contributed by atoms with Crippen molar-refractivity contribution in [2.45, 2.75) is 26.3 Å². The van der Waals surface area contributed by atoms with Crippen molar-refractivity contribution in [1.82, 2.24) is 4.98 Å². The van der Waals surface area contributed by atoms with Crippen LogP contribution in [0.4, 0.5) is 11.5 Å². The van der Waals surface area contributed by atoms with Crippen molar-refractivity contribution in [3.05, 3.63) is 53.7 Å². The van der Waals surface area contributed by atoms with Gasteiger partial charge in [-0.1, -0.05) is 24.3 Å². The van der Waals surface area contributed by atoms with E-state index in [1.54, 1.807) is 6.20 Å². The smallest absolute Gasteiger partial charge is 0.228 e. The number of benzene rings is 1. The molecule has 1 aliphatic rings. The highest BCUT2D eigenvalue weighted by molar-refractivity contribution is 5.93. The molecule has 108 valence electrons. The van der Waals surface area contributed by atoms with Gasteiger partial charge in [-0.25, -0.2) is 4.98 Å². The maximum absolute atomic E-state index is 11.6. The standard InChI is InChI=1S/C17H19N3O/c1-12-4-2-3-5-14(12)10-18-15-8-9-16(19-11-15)20-17(21)13-6-7-13/h2-5,8-9,11,13,18H,6-7,10H2,1H3,(H,19,20,21). The zero-order valence-corrected chi connectivity index (χ0v) is 12.1. The molecule has 2 N–H and O–H groups in total. The molecule has 0 unspecified atom stereocenters. The number of hydrogen-bond acceptors (Lipinski definition) is 3. The van der Waals surface area contributed by atoms with Gasteiger partial charge >= 0.3 is 0 Å². The third kappa shape index (κ3) is 3.60. The largest absolute Gasteiger partial charge is 0.380 e. The van der Waals surface area contributed by atoms with E-state index in [-0.39, 0.29) is 11.8 Å². The van der Waals surface area contributed by atoms with Gasteiger partial charge < -0.3 is 10.6 Å². The Balaban J connectivity index is 1.56. The first-order valence-electron chi connectivity index (χ1n) is 7.27. The van der Waals surface area contributed by atoms with Crippen molar-refractivity contribution in [3.8, 4) is 0 Å². The second-order valence-electron chi connectivity index (χ2n) is 5.48. The topological polar surface area (TPSA) is 54.0 Å². The SMILES string of the molecule is Cc1ccccc1CNc1ccc(NC(=O)C2CC2)nc1. The number of aromatic nitrogens is 1. The van der Waals surface area contributed by atoms with Gasteiger partial charge in [0.25, 0.3) is 0 Å². The van der Waals surface area contributed by atoms with Crippen molar-refractivity contribution < 1.29 is 4.79 Å². The van der Waals surface area contributed by atoms with Gasteiger partial charge in [0.1, 0.15) is 5.82 Å². The van der Waals surface area contributed by atoms with Crippen molar-refractivity contribution in [3.63, 3.8) is 0 Å². The van der Waals surface area contributed by atoms with Gasteiger partial charge in [0, 0.05) is 12.5 Å². The summed E-state index contributed by atoms with van der Waals surface area (Å²) >= 11 is 0. The van der Waals surface area contributed by atoms with Crippen molar-refractivity contribution >= 4 is 17.4 Å². The number of amides is 1. The van der Waals surface area contributed by atoms with E-state index in [1.165, 1.54) is 11.1 Å².